The quantitative estimate of drug-likeness (QED) is 0.602. The highest BCUT2D eigenvalue weighted by Crippen LogP contribution is 2.15. The summed E-state index contributed by atoms with van der Waals surface area (Å²) in [5.74, 6) is -1.40. The predicted molar refractivity (Wildman–Crippen MR) is 26.1 cm³/mol. The fourth-order valence-corrected chi connectivity index (χ4v) is 0.578. The highest BCUT2D eigenvalue weighted by molar-refractivity contribution is 7.80. The second-order valence-corrected chi connectivity index (χ2v) is 2.46. The first-order chi connectivity index (χ1) is 3.95. The molecule has 0 fully saturated rings. The molecule has 2 nitrogen and oxygen atoms in total. The van der Waals surface area contributed by atoms with E-state index in [2.05, 4.69) is 4.18 Å². The Bertz CT molecular complexity index is 110. The molecule has 0 heterocycles. The van der Waals surface area contributed by atoms with Crippen molar-refractivity contribution >= 4 is 11.1 Å². The van der Waals surface area contributed by atoms with Crippen molar-refractivity contribution in [3.63, 3.8) is 0 Å². The summed E-state index contributed by atoms with van der Waals surface area (Å²) in [7, 11) is 0.960. The molecular formula is C3H5F3O2S. The van der Waals surface area contributed by atoms with E-state index in [1.54, 1.807) is 0 Å². The zero-order chi connectivity index (χ0) is 7.49. The topological polar surface area (TPSA) is 26.3 Å². The van der Waals surface area contributed by atoms with Crippen molar-refractivity contribution in [2.75, 3.05) is 12.9 Å². The van der Waals surface area contributed by atoms with Crippen LogP contribution < -0.4 is 0 Å². The molecule has 56 valence electrons. The van der Waals surface area contributed by atoms with Gasteiger partial charge in [0.15, 0.2) is 11.1 Å². The van der Waals surface area contributed by atoms with Gasteiger partial charge in [0.25, 0.3) is 0 Å². The standard InChI is InChI=1S/C3H5F3O2S/c1-8-9(7)2-3(4,5)6/h2H2,1H3. The Labute approximate surface area is 52.7 Å². The Hall–Kier alpha value is -0.100. The highest BCUT2D eigenvalue weighted by atomic mass is 32.2. The largest absolute Gasteiger partial charge is 0.402 e. The molecule has 0 radical (unpaired) electrons. The van der Waals surface area contributed by atoms with Crippen LogP contribution in [-0.2, 0) is 15.3 Å². The lowest BCUT2D eigenvalue weighted by Crippen LogP contribution is -2.18. The Morgan fingerprint density at radius 2 is 2.00 bits per heavy atom. The van der Waals surface area contributed by atoms with Crippen molar-refractivity contribution in [3.8, 4) is 0 Å². The van der Waals surface area contributed by atoms with Gasteiger partial charge in [0.1, 0.15) is 5.75 Å². The maximum atomic E-state index is 11.2. The molecule has 9 heavy (non-hydrogen) atoms. The summed E-state index contributed by atoms with van der Waals surface area (Å²) in [5.41, 5.74) is 0. The van der Waals surface area contributed by atoms with E-state index in [9.17, 15) is 17.4 Å². The van der Waals surface area contributed by atoms with Gasteiger partial charge >= 0.3 is 6.18 Å². The molecule has 0 aliphatic rings. The van der Waals surface area contributed by atoms with Crippen LogP contribution in [0.1, 0.15) is 0 Å². The van der Waals surface area contributed by atoms with Crippen LogP contribution in [0.3, 0.4) is 0 Å². The van der Waals surface area contributed by atoms with Crippen LogP contribution >= 0.6 is 0 Å². The lowest BCUT2D eigenvalue weighted by Gasteiger charge is -2.02. The molecule has 1 unspecified atom stereocenters. The molecule has 0 aliphatic carbocycles. The van der Waals surface area contributed by atoms with Crippen LogP contribution in [0.5, 0.6) is 0 Å². The third kappa shape index (κ3) is 5.78. The maximum absolute atomic E-state index is 11.2. The summed E-state index contributed by atoms with van der Waals surface area (Å²) in [6.45, 7) is 0. The van der Waals surface area contributed by atoms with E-state index < -0.39 is 23.0 Å². The molecule has 0 N–H and O–H groups in total. The van der Waals surface area contributed by atoms with Gasteiger partial charge in [-0.3, -0.25) is 4.18 Å². The fraction of sp³-hybridized carbons (Fsp3) is 1.00. The molecule has 0 aromatic carbocycles. The Kier molecular flexibility index (Phi) is 3.13. The van der Waals surface area contributed by atoms with Crippen molar-refractivity contribution in [2.24, 2.45) is 0 Å². The van der Waals surface area contributed by atoms with Crippen molar-refractivity contribution in [2.45, 2.75) is 6.18 Å². The first-order valence-corrected chi connectivity index (χ1v) is 3.19. The Morgan fingerprint density at radius 3 is 2.11 bits per heavy atom. The van der Waals surface area contributed by atoms with Crippen molar-refractivity contribution in [3.05, 3.63) is 0 Å². The summed E-state index contributed by atoms with van der Waals surface area (Å²) < 4.78 is 47.5. The minimum Gasteiger partial charge on any atom is -0.294 e. The fourth-order valence-electron chi connectivity index (χ4n) is 0.193. The first-order valence-electron chi connectivity index (χ1n) is 1.95. The number of alkyl halides is 3. The summed E-state index contributed by atoms with van der Waals surface area (Å²) >= 11 is -2.22. The molecule has 0 aromatic rings. The van der Waals surface area contributed by atoms with Crippen LogP contribution in [0.2, 0.25) is 0 Å². The lowest BCUT2D eigenvalue weighted by molar-refractivity contribution is -0.106. The van der Waals surface area contributed by atoms with Gasteiger partial charge in [-0.25, -0.2) is 4.21 Å². The minimum atomic E-state index is -4.40. The smallest absolute Gasteiger partial charge is 0.294 e. The average molecular weight is 162 g/mol. The van der Waals surface area contributed by atoms with Crippen LogP contribution in [0, 0.1) is 0 Å². The van der Waals surface area contributed by atoms with Crippen molar-refractivity contribution < 1.29 is 21.6 Å². The summed E-state index contributed by atoms with van der Waals surface area (Å²) in [6, 6.07) is 0. The summed E-state index contributed by atoms with van der Waals surface area (Å²) in [4.78, 5) is 0. The van der Waals surface area contributed by atoms with Gasteiger partial charge in [0.2, 0.25) is 0 Å². The molecule has 0 aromatic heterocycles. The molecule has 0 bridgehead atoms. The van der Waals surface area contributed by atoms with E-state index in [0.717, 1.165) is 7.11 Å². The molecular weight excluding hydrogens is 157 g/mol. The zero-order valence-electron chi connectivity index (χ0n) is 4.57. The molecule has 0 saturated carbocycles. The first kappa shape index (κ1) is 8.90. The number of hydrogen-bond acceptors (Lipinski definition) is 2. The van der Waals surface area contributed by atoms with E-state index >= 15 is 0 Å². The number of hydrogen-bond donors (Lipinski definition) is 0. The summed E-state index contributed by atoms with van der Waals surface area (Å²) in [5, 5.41) is 0. The molecule has 0 aliphatic heterocycles. The average Bonchev–Trinajstić information content (AvgIpc) is 1.62. The van der Waals surface area contributed by atoms with Crippen LogP contribution in [0.4, 0.5) is 13.2 Å². The molecule has 0 spiro atoms. The van der Waals surface area contributed by atoms with Crippen molar-refractivity contribution in [1.29, 1.82) is 0 Å². The van der Waals surface area contributed by atoms with Gasteiger partial charge in [0.05, 0.1) is 7.11 Å². The lowest BCUT2D eigenvalue weighted by atomic mass is 10.8. The van der Waals surface area contributed by atoms with E-state index in [4.69, 9.17) is 0 Å². The monoisotopic (exact) mass is 162 g/mol. The molecule has 0 saturated heterocycles. The predicted octanol–water partition coefficient (Wildman–Crippen LogP) is 0.859. The van der Waals surface area contributed by atoms with E-state index in [1.807, 2.05) is 0 Å². The van der Waals surface area contributed by atoms with Gasteiger partial charge in [-0.1, -0.05) is 0 Å². The molecule has 1 atom stereocenters. The van der Waals surface area contributed by atoms with E-state index in [0.29, 0.717) is 0 Å². The number of halogens is 3. The molecule has 0 rings (SSSR count). The van der Waals surface area contributed by atoms with Crippen LogP contribution in [0.15, 0.2) is 0 Å². The van der Waals surface area contributed by atoms with Crippen LogP contribution in [-0.4, -0.2) is 23.2 Å². The highest BCUT2D eigenvalue weighted by Gasteiger charge is 2.30. The second-order valence-electron chi connectivity index (χ2n) is 1.23. The zero-order valence-corrected chi connectivity index (χ0v) is 5.38. The van der Waals surface area contributed by atoms with Gasteiger partial charge in [0, 0.05) is 0 Å². The number of rotatable bonds is 2. The Balaban J connectivity index is 3.60. The van der Waals surface area contributed by atoms with Gasteiger partial charge in [-0.2, -0.15) is 13.2 Å². The second kappa shape index (κ2) is 3.17. The molecule has 6 heteroatoms. The van der Waals surface area contributed by atoms with E-state index in [1.165, 1.54) is 0 Å². The Morgan fingerprint density at radius 1 is 1.56 bits per heavy atom. The van der Waals surface area contributed by atoms with E-state index in [-0.39, 0.29) is 0 Å². The third-order valence-corrected chi connectivity index (χ3v) is 1.40. The van der Waals surface area contributed by atoms with Crippen molar-refractivity contribution in [1.82, 2.24) is 0 Å². The van der Waals surface area contributed by atoms with Gasteiger partial charge in [-0.15, -0.1) is 0 Å². The normalized spacial score (nSPS) is 15.6. The van der Waals surface area contributed by atoms with Crippen LogP contribution in [0.25, 0.3) is 0 Å². The minimum absolute atomic E-state index is 0.960. The SMILES string of the molecule is COS(=O)CC(F)(F)F. The molecule has 0 amide bonds. The third-order valence-electron chi connectivity index (χ3n) is 0.467. The van der Waals surface area contributed by atoms with Gasteiger partial charge < -0.3 is 0 Å². The summed E-state index contributed by atoms with van der Waals surface area (Å²) in [6.07, 6.45) is -4.40. The maximum Gasteiger partial charge on any atom is 0.402 e. The van der Waals surface area contributed by atoms with Gasteiger partial charge in [-0.05, 0) is 0 Å².